The molecule has 0 fully saturated rings. The van der Waals surface area contributed by atoms with E-state index in [4.69, 9.17) is 15.5 Å². The van der Waals surface area contributed by atoms with Crippen LogP contribution in [0.3, 0.4) is 0 Å². The molecule has 2 aromatic rings. The number of hydrogen-bond acceptors (Lipinski definition) is 4. The number of nitrogens with two attached hydrogens (primary N) is 1. The van der Waals surface area contributed by atoms with E-state index in [0.29, 0.717) is 6.61 Å². The lowest BCUT2D eigenvalue weighted by molar-refractivity contribution is 0.0678. The number of nitrogens with zero attached hydrogens (tertiary/aromatic N) is 1. The van der Waals surface area contributed by atoms with Crippen LogP contribution in [0.1, 0.15) is 42.5 Å². The second kappa shape index (κ2) is 5.47. The highest BCUT2D eigenvalue weighted by atomic mass is 32.1. The molecule has 0 radical (unpaired) electrons. The highest BCUT2D eigenvalue weighted by molar-refractivity contribution is 7.19. The molecule has 2 aromatic heterocycles. The van der Waals surface area contributed by atoms with E-state index in [1.165, 1.54) is 11.1 Å². The number of aromatic nitrogens is 1. The second-order valence-electron chi connectivity index (χ2n) is 5.13. The highest BCUT2D eigenvalue weighted by Gasteiger charge is 2.16. The van der Waals surface area contributed by atoms with Crippen LogP contribution in [0.15, 0.2) is 0 Å². The number of ether oxygens (including phenoxy) is 1. The smallest absolute Gasteiger partial charge is 0.126 e. The average Bonchev–Trinajstić information content (AvgIpc) is 2.64. The van der Waals surface area contributed by atoms with Crippen molar-refractivity contribution < 1.29 is 4.74 Å². The van der Waals surface area contributed by atoms with Gasteiger partial charge in [-0.25, -0.2) is 4.98 Å². The molecule has 0 aliphatic carbocycles. The topological polar surface area (TPSA) is 48.1 Å². The summed E-state index contributed by atoms with van der Waals surface area (Å²) in [5.41, 5.74) is 10.8. The van der Waals surface area contributed by atoms with Crippen LogP contribution in [0.25, 0.3) is 10.2 Å². The van der Waals surface area contributed by atoms with Gasteiger partial charge in [0, 0.05) is 11.1 Å². The van der Waals surface area contributed by atoms with E-state index >= 15 is 0 Å². The number of rotatable bonds is 4. The number of aryl methyl sites for hydroxylation is 2. The van der Waals surface area contributed by atoms with Gasteiger partial charge in [-0.05, 0) is 45.2 Å². The van der Waals surface area contributed by atoms with Gasteiger partial charge in [0.05, 0.1) is 23.3 Å². The van der Waals surface area contributed by atoms with Crippen molar-refractivity contribution >= 4 is 27.2 Å². The van der Waals surface area contributed by atoms with E-state index in [-0.39, 0.29) is 6.10 Å². The van der Waals surface area contributed by atoms with Crippen molar-refractivity contribution in [1.29, 1.82) is 0 Å². The van der Waals surface area contributed by atoms with E-state index in [0.717, 1.165) is 32.9 Å². The number of anilines is 1. The third-order valence-corrected chi connectivity index (χ3v) is 4.51. The van der Waals surface area contributed by atoms with Crippen LogP contribution in [0, 0.1) is 13.8 Å². The summed E-state index contributed by atoms with van der Waals surface area (Å²) in [6.45, 7) is 11.0. The zero-order valence-corrected chi connectivity index (χ0v) is 13.1. The van der Waals surface area contributed by atoms with Crippen molar-refractivity contribution in [2.75, 3.05) is 5.73 Å². The monoisotopic (exact) mass is 278 g/mol. The fraction of sp³-hybridized carbons (Fsp3) is 0.533. The van der Waals surface area contributed by atoms with Crippen LogP contribution in [0.4, 0.5) is 5.69 Å². The Balaban J connectivity index is 2.54. The zero-order valence-electron chi connectivity index (χ0n) is 12.3. The van der Waals surface area contributed by atoms with Gasteiger partial charge in [0.15, 0.2) is 0 Å². The fourth-order valence-corrected chi connectivity index (χ4v) is 3.55. The van der Waals surface area contributed by atoms with Crippen molar-refractivity contribution in [2.45, 2.75) is 53.8 Å². The van der Waals surface area contributed by atoms with Crippen LogP contribution in [0.2, 0.25) is 0 Å². The van der Waals surface area contributed by atoms with Crippen molar-refractivity contribution in [3.8, 4) is 0 Å². The Morgan fingerprint density at radius 1 is 1.32 bits per heavy atom. The van der Waals surface area contributed by atoms with Gasteiger partial charge in [-0.1, -0.05) is 6.92 Å². The van der Waals surface area contributed by atoms with E-state index in [9.17, 15) is 0 Å². The lowest BCUT2D eigenvalue weighted by Gasteiger charge is -2.09. The molecule has 0 aromatic carbocycles. The summed E-state index contributed by atoms with van der Waals surface area (Å²) < 4.78 is 5.67. The third-order valence-electron chi connectivity index (χ3n) is 3.44. The number of nitrogen functional groups attached to an aromatic ring is 1. The minimum atomic E-state index is 0.214. The Bertz CT molecular complexity index is 602. The molecule has 0 aliphatic heterocycles. The molecule has 0 atom stereocenters. The largest absolute Gasteiger partial charge is 0.397 e. The first-order valence-corrected chi connectivity index (χ1v) is 7.55. The maximum Gasteiger partial charge on any atom is 0.126 e. The Hall–Kier alpha value is -1.13. The lowest BCUT2D eigenvalue weighted by atomic mass is 10.0. The maximum absolute atomic E-state index is 6.29. The summed E-state index contributed by atoms with van der Waals surface area (Å²) in [7, 11) is 0. The Labute approximate surface area is 118 Å². The normalized spacial score (nSPS) is 11.7. The molecule has 0 aliphatic rings. The Morgan fingerprint density at radius 3 is 2.58 bits per heavy atom. The molecule has 2 heterocycles. The van der Waals surface area contributed by atoms with Crippen molar-refractivity contribution in [2.24, 2.45) is 0 Å². The molecule has 2 N–H and O–H groups in total. The highest BCUT2D eigenvalue weighted by Crippen LogP contribution is 2.37. The first-order valence-electron chi connectivity index (χ1n) is 6.74. The molecule has 0 spiro atoms. The first kappa shape index (κ1) is 14.3. The van der Waals surface area contributed by atoms with E-state index < -0.39 is 0 Å². The van der Waals surface area contributed by atoms with E-state index in [1.807, 2.05) is 13.8 Å². The average molecular weight is 278 g/mol. The summed E-state index contributed by atoms with van der Waals surface area (Å²) in [6, 6.07) is 0. The summed E-state index contributed by atoms with van der Waals surface area (Å²) in [4.78, 5) is 6.82. The van der Waals surface area contributed by atoms with Gasteiger partial charge < -0.3 is 10.5 Å². The molecule has 19 heavy (non-hydrogen) atoms. The summed E-state index contributed by atoms with van der Waals surface area (Å²) in [5, 5.41) is 1.12. The molecule has 0 saturated carbocycles. The van der Waals surface area contributed by atoms with E-state index in [2.05, 4.69) is 20.8 Å². The van der Waals surface area contributed by atoms with Gasteiger partial charge in [0.1, 0.15) is 4.83 Å². The van der Waals surface area contributed by atoms with Crippen molar-refractivity contribution in [1.82, 2.24) is 4.98 Å². The van der Waals surface area contributed by atoms with Crippen LogP contribution < -0.4 is 5.73 Å². The molecule has 0 amide bonds. The number of pyridine rings is 1. The minimum Gasteiger partial charge on any atom is -0.397 e. The second-order valence-corrected chi connectivity index (χ2v) is 6.22. The number of hydrogen-bond donors (Lipinski definition) is 1. The van der Waals surface area contributed by atoms with Crippen LogP contribution >= 0.6 is 11.3 Å². The fourth-order valence-electron chi connectivity index (χ4n) is 2.43. The summed E-state index contributed by atoms with van der Waals surface area (Å²) in [5.74, 6) is 0. The van der Waals surface area contributed by atoms with Gasteiger partial charge in [-0.3, -0.25) is 0 Å². The first-order chi connectivity index (χ1) is 8.95. The van der Waals surface area contributed by atoms with Gasteiger partial charge in [-0.2, -0.15) is 0 Å². The predicted octanol–water partition coefficient (Wildman–Crippen LogP) is 3.98. The molecule has 104 valence electrons. The minimum absolute atomic E-state index is 0.214. The third kappa shape index (κ3) is 2.60. The predicted molar refractivity (Wildman–Crippen MR) is 82.8 cm³/mol. The number of thiophene rings is 1. The number of fused-ring (bicyclic) bond motifs is 1. The standard InChI is InChI=1S/C15H22N2OS/c1-6-11-9(4)13-14(16)12(7-18-8(2)3)19-15(13)17-10(11)5/h8H,6-7,16H2,1-5H3. The maximum atomic E-state index is 6.29. The van der Waals surface area contributed by atoms with Crippen LogP contribution in [-0.4, -0.2) is 11.1 Å². The van der Waals surface area contributed by atoms with Crippen LogP contribution in [0.5, 0.6) is 0 Å². The molecule has 0 saturated heterocycles. The molecular weight excluding hydrogens is 256 g/mol. The molecule has 0 bridgehead atoms. The van der Waals surface area contributed by atoms with Gasteiger partial charge in [-0.15, -0.1) is 11.3 Å². The molecule has 2 rings (SSSR count). The Morgan fingerprint density at radius 2 is 2.00 bits per heavy atom. The zero-order chi connectivity index (χ0) is 14.2. The van der Waals surface area contributed by atoms with Gasteiger partial charge in [0.25, 0.3) is 0 Å². The van der Waals surface area contributed by atoms with Gasteiger partial charge in [0.2, 0.25) is 0 Å². The van der Waals surface area contributed by atoms with Crippen molar-refractivity contribution in [3.63, 3.8) is 0 Å². The molecule has 3 nitrogen and oxygen atoms in total. The Kier molecular flexibility index (Phi) is 4.11. The van der Waals surface area contributed by atoms with Crippen LogP contribution in [-0.2, 0) is 17.8 Å². The lowest BCUT2D eigenvalue weighted by Crippen LogP contribution is -2.02. The van der Waals surface area contributed by atoms with E-state index in [1.54, 1.807) is 11.3 Å². The SMILES string of the molecule is CCc1c(C)nc2sc(COC(C)C)c(N)c2c1C. The summed E-state index contributed by atoms with van der Waals surface area (Å²) in [6.07, 6.45) is 1.21. The quantitative estimate of drug-likeness (QED) is 0.920. The molecular formula is C15H22N2OS. The molecule has 0 unspecified atom stereocenters. The summed E-state index contributed by atoms with van der Waals surface area (Å²) >= 11 is 1.65. The van der Waals surface area contributed by atoms with Crippen molar-refractivity contribution in [3.05, 3.63) is 21.7 Å². The molecule has 4 heteroatoms. The van der Waals surface area contributed by atoms with Gasteiger partial charge >= 0.3 is 0 Å².